The average Bonchev–Trinajstić information content (AvgIpc) is 3.69. The van der Waals surface area contributed by atoms with Gasteiger partial charge in [0.05, 0.1) is 0 Å². The van der Waals surface area contributed by atoms with Gasteiger partial charge in [0, 0.05) is 17.4 Å². The zero-order chi connectivity index (χ0) is 30.1. The normalized spacial score (nSPS) is 23.2. The van der Waals surface area contributed by atoms with Crippen molar-refractivity contribution < 1.29 is 17.4 Å². The van der Waals surface area contributed by atoms with Gasteiger partial charge in [0.2, 0.25) is 0 Å². The second-order valence-corrected chi connectivity index (χ2v) is 20.6. The van der Waals surface area contributed by atoms with Crippen molar-refractivity contribution in [1.82, 2.24) is 0 Å². The Morgan fingerprint density at radius 2 is 0.711 bits per heavy atom. The maximum absolute atomic E-state index is 2.75. The van der Waals surface area contributed by atoms with Crippen molar-refractivity contribution in [2.24, 2.45) is 0 Å². The Kier molecular flexibility index (Phi) is 19.1. The smallest absolute Gasteiger partial charge is 0 e. The molecule has 4 aliphatic rings. The molecule has 4 saturated carbocycles. The number of hydrogen-bond acceptors (Lipinski definition) is 0. The molecule has 0 aromatic heterocycles. The average molecular weight is 687 g/mol. The van der Waals surface area contributed by atoms with Gasteiger partial charge in [-0.3, -0.25) is 0 Å². The van der Waals surface area contributed by atoms with E-state index in [0.29, 0.717) is 0 Å². The largest absolute Gasteiger partial charge is 0.748 e. The van der Waals surface area contributed by atoms with Crippen LogP contribution in [0.4, 0.5) is 0 Å². The summed E-state index contributed by atoms with van der Waals surface area (Å²) < 4.78 is 0. The van der Waals surface area contributed by atoms with Gasteiger partial charge in [-0.25, -0.2) is 12.1 Å². The molecule has 0 atom stereocenters. The molecule has 258 valence electrons. The molecular formula is C42H68CrP2-6. The van der Waals surface area contributed by atoms with E-state index in [1.165, 1.54) is 128 Å². The molecule has 3 heteroatoms. The molecule has 4 aliphatic carbocycles. The molecular weight excluding hydrogens is 618 g/mol. The maximum Gasteiger partial charge on any atom is 0 e. The van der Waals surface area contributed by atoms with Crippen molar-refractivity contribution >= 4 is 26.5 Å². The van der Waals surface area contributed by atoms with E-state index in [2.05, 4.69) is 18.2 Å². The molecule has 0 bridgehead atoms. The molecule has 0 radical (unpaired) electrons. The Hall–Kier alpha value is 0.0925. The van der Waals surface area contributed by atoms with Crippen LogP contribution in [0.1, 0.15) is 180 Å². The van der Waals surface area contributed by atoms with Gasteiger partial charge in [0.15, 0.2) is 0 Å². The summed E-state index contributed by atoms with van der Waals surface area (Å²) in [6.07, 6.45) is 42.7. The Morgan fingerprint density at radius 3 is 1.04 bits per heavy atom. The van der Waals surface area contributed by atoms with Crippen LogP contribution in [-0.2, 0) is 17.4 Å². The van der Waals surface area contributed by atoms with Gasteiger partial charge in [-0.2, -0.15) is 6.07 Å². The summed E-state index contributed by atoms with van der Waals surface area (Å²) in [5, 5.41) is 3.99. The van der Waals surface area contributed by atoms with Crippen molar-refractivity contribution in [2.75, 3.05) is 0 Å². The number of rotatable bonds is 6. The Balaban J connectivity index is 0.000000700. The monoisotopic (exact) mass is 686 g/mol. The fraction of sp³-hybridized carbons (Fsp3) is 0.762. The van der Waals surface area contributed by atoms with Crippen LogP contribution in [0.25, 0.3) is 0 Å². The van der Waals surface area contributed by atoms with Crippen molar-refractivity contribution in [2.45, 2.75) is 202 Å². The molecule has 0 aliphatic heterocycles. The third-order valence-corrected chi connectivity index (χ3v) is 19.0. The Labute approximate surface area is 293 Å². The molecule has 45 heavy (non-hydrogen) atoms. The van der Waals surface area contributed by atoms with Crippen molar-refractivity contribution in [3.05, 3.63) is 48.5 Å². The van der Waals surface area contributed by atoms with Crippen LogP contribution in [0, 0.1) is 0 Å². The molecule has 0 unspecified atom stereocenters. The first kappa shape index (κ1) is 37.9. The van der Waals surface area contributed by atoms with Gasteiger partial charge < -0.3 is 30.3 Å². The molecule has 0 spiro atoms. The van der Waals surface area contributed by atoms with E-state index in [1.807, 2.05) is 40.9 Å². The summed E-state index contributed by atoms with van der Waals surface area (Å²) in [6, 6.07) is 18.1. The minimum absolute atomic E-state index is 0. The third kappa shape index (κ3) is 12.5. The van der Waals surface area contributed by atoms with Crippen molar-refractivity contribution in [3.63, 3.8) is 0 Å². The fourth-order valence-corrected chi connectivity index (χ4v) is 17.7. The van der Waals surface area contributed by atoms with Gasteiger partial charge in [0.1, 0.15) is 0 Å². The van der Waals surface area contributed by atoms with E-state index < -0.39 is 0 Å². The molecule has 6 rings (SSSR count). The second-order valence-electron chi connectivity index (χ2n) is 15.1. The minimum Gasteiger partial charge on any atom is -0.748 e. The SMILES string of the molecule is [Cr].[cH-]1[cH-][cH-][cH-][cH-]1.c1cc(P(C2CCCCCCC2)C2CCCCCCC2)[c-](P(C2CCCCCCC2)C2CCCCCCC2)c1. The van der Waals surface area contributed by atoms with Crippen LogP contribution in [0.2, 0.25) is 0 Å². The summed E-state index contributed by atoms with van der Waals surface area (Å²) in [4.78, 5) is 0. The third-order valence-electron chi connectivity index (χ3n) is 11.8. The topological polar surface area (TPSA) is 0 Å². The fourth-order valence-electron chi connectivity index (χ4n) is 9.39. The van der Waals surface area contributed by atoms with Crippen LogP contribution in [0.15, 0.2) is 48.5 Å². The van der Waals surface area contributed by atoms with Gasteiger partial charge in [-0.1, -0.05) is 136 Å². The van der Waals surface area contributed by atoms with Gasteiger partial charge in [0.25, 0.3) is 0 Å². The Bertz CT molecular complexity index is 810. The second kappa shape index (κ2) is 22.7. The molecule has 0 amide bonds. The van der Waals surface area contributed by atoms with E-state index in [4.69, 9.17) is 0 Å². The molecule has 4 fully saturated rings. The van der Waals surface area contributed by atoms with Crippen LogP contribution >= 0.6 is 15.8 Å². The molecule has 0 nitrogen and oxygen atoms in total. The van der Waals surface area contributed by atoms with Crippen molar-refractivity contribution in [1.29, 1.82) is 0 Å². The quantitative estimate of drug-likeness (QED) is 0.210. The standard InChI is InChI=1S/C37H63P2.C5H5.Cr/c1-5-13-22-32(23-14-6-1)38(33-24-15-7-2-8-16-25-33)36-30-21-31-37(36)39(34-26-17-9-3-10-18-27-34)35-28-19-11-4-12-20-29-35;1-2-4-5-3-1;/h21,30-35H,1-20,22-29H2;1-5H;/q-1;-5;. The van der Waals surface area contributed by atoms with Crippen LogP contribution < -0.4 is 10.6 Å². The molecule has 0 N–H and O–H groups in total. The Morgan fingerprint density at radius 1 is 0.422 bits per heavy atom. The minimum atomic E-state index is -0.0157. The van der Waals surface area contributed by atoms with Crippen molar-refractivity contribution in [3.8, 4) is 0 Å². The summed E-state index contributed by atoms with van der Waals surface area (Å²) in [5.41, 5.74) is 4.10. The predicted octanol–water partition coefficient (Wildman–Crippen LogP) is 13.5. The van der Waals surface area contributed by atoms with Crippen LogP contribution in [0.5, 0.6) is 0 Å². The molecule has 0 saturated heterocycles. The van der Waals surface area contributed by atoms with E-state index in [-0.39, 0.29) is 33.2 Å². The molecule has 2 aromatic rings. The zero-order valence-electron chi connectivity index (χ0n) is 29.0. The maximum atomic E-state index is 2.75. The zero-order valence-corrected chi connectivity index (χ0v) is 32.1. The first-order valence-electron chi connectivity index (χ1n) is 19.9. The summed E-state index contributed by atoms with van der Waals surface area (Å²) in [6.45, 7) is 0. The number of hydrogen-bond donors (Lipinski definition) is 0. The van der Waals surface area contributed by atoms with E-state index in [9.17, 15) is 0 Å². The van der Waals surface area contributed by atoms with E-state index in [1.54, 1.807) is 51.4 Å². The summed E-state index contributed by atoms with van der Waals surface area (Å²) >= 11 is 0. The van der Waals surface area contributed by atoms with Gasteiger partial charge in [-0.15, -0.1) is 18.5 Å². The van der Waals surface area contributed by atoms with Gasteiger partial charge >= 0.3 is 0 Å². The predicted molar refractivity (Wildman–Crippen MR) is 202 cm³/mol. The van der Waals surface area contributed by atoms with E-state index in [0.717, 1.165) is 22.6 Å². The first-order chi connectivity index (χ1) is 21.9. The molecule has 0 heterocycles. The van der Waals surface area contributed by atoms with Gasteiger partial charge in [-0.05, 0) is 74.0 Å². The van der Waals surface area contributed by atoms with Crippen LogP contribution in [-0.4, -0.2) is 22.6 Å². The van der Waals surface area contributed by atoms with Crippen LogP contribution in [0.3, 0.4) is 0 Å². The first-order valence-corrected chi connectivity index (χ1v) is 22.9. The summed E-state index contributed by atoms with van der Waals surface area (Å²) in [5.74, 6) is 0. The summed E-state index contributed by atoms with van der Waals surface area (Å²) in [7, 11) is -0.0315. The van der Waals surface area contributed by atoms with E-state index >= 15 is 0 Å². The molecule has 2 aromatic carbocycles.